The van der Waals surface area contributed by atoms with Crippen LogP contribution in [0.5, 0.6) is 0 Å². The Hall–Kier alpha value is -0.120. The second kappa shape index (κ2) is 5.25. The van der Waals surface area contributed by atoms with Gasteiger partial charge in [-0.15, -0.1) is 0 Å². The second-order valence-corrected chi connectivity index (χ2v) is 6.38. The first-order valence-electron chi connectivity index (χ1n) is 7.53. The van der Waals surface area contributed by atoms with E-state index in [1.165, 1.54) is 71.2 Å². The zero-order valence-corrected chi connectivity index (χ0v) is 11.0. The van der Waals surface area contributed by atoms with Crippen molar-refractivity contribution < 1.29 is 0 Å². The fourth-order valence-electron chi connectivity index (χ4n) is 4.03. The molecule has 3 nitrogen and oxygen atoms in total. The molecule has 0 amide bonds. The van der Waals surface area contributed by atoms with Crippen LogP contribution in [0.1, 0.15) is 38.5 Å². The number of nitrogens with zero attached hydrogens (tertiary/aromatic N) is 2. The molecule has 2 heterocycles. The summed E-state index contributed by atoms with van der Waals surface area (Å²) in [4.78, 5) is 5.44. The predicted octanol–water partition coefficient (Wildman–Crippen LogP) is 1.28. The topological polar surface area (TPSA) is 32.5 Å². The van der Waals surface area contributed by atoms with E-state index in [1.807, 2.05) is 0 Å². The highest BCUT2D eigenvalue weighted by Gasteiger charge is 2.31. The molecule has 0 aromatic carbocycles. The summed E-state index contributed by atoms with van der Waals surface area (Å²) in [5.74, 6) is 0.889. The molecule has 3 atom stereocenters. The number of piperazine rings is 1. The summed E-state index contributed by atoms with van der Waals surface area (Å²) in [5, 5.41) is 0. The SMILES string of the molecule is NC1CCC(CN2CCN3CCCCC3C2)C1. The van der Waals surface area contributed by atoms with Crippen molar-refractivity contribution in [1.82, 2.24) is 9.80 Å². The van der Waals surface area contributed by atoms with Gasteiger partial charge in [0.05, 0.1) is 0 Å². The van der Waals surface area contributed by atoms with Gasteiger partial charge < -0.3 is 10.6 Å². The number of hydrogen-bond acceptors (Lipinski definition) is 3. The summed E-state index contributed by atoms with van der Waals surface area (Å²) >= 11 is 0. The summed E-state index contributed by atoms with van der Waals surface area (Å²) < 4.78 is 0. The molecule has 17 heavy (non-hydrogen) atoms. The Kier molecular flexibility index (Phi) is 3.69. The number of piperidine rings is 1. The van der Waals surface area contributed by atoms with Crippen LogP contribution in [0.3, 0.4) is 0 Å². The molecule has 3 fully saturated rings. The van der Waals surface area contributed by atoms with Crippen LogP contribution in [0, 0.1) is 5.92 Å². The van der Waals surface area contributed by atoms with Crippen molar-refractivity contribution in [2.45, 2.75) is 50.6 Å². The van der Waals surface area contributed by atoms with Crippen LogP contribution in [-0.4, -0.2) is 54.6 Å². The fraction of sp³-hybridized carbons (Fsp3) is 1.00. The predicted molar refractivity (Wildman–Crippen MR) is 71.0 cm³/mol. The maximum Gasteiger partial charge on any atom is 0.0223 e. The fourth-order valence-corrected chi connectivity index (χ4v) is 4.03. The Morgan fingerprint density at radius 3 is 2.76 bits per heavy atom. The zero-order chi connectivity index (χ0) is 11.7. The third-order valence-electron chi connectivity index (χ3n) is 5.02. The van der Waals surface area contributed by atoms with Crippen LogP contribution in [0.15, 0.2) is 0 Å². The minimum Gasteiger partial charge on any atom is -0.328 e. The van der Waals surface area contributed by atoms with Crippen molar-refractivity contribution in [3.63, 3.8) is 0 Å². The van der Waals surface area contributed by atoms with E-state index in [0.29, 0.717) is 6.04 Å². The third kappa shape index (κ3) is 2.83. The number of rotatable bonds is 2. The molecule has 3 aliphatic rings. The average Bonchev–Trinajstić information content (AvgIpc) is 2.75. The van der Waals surface area contributed by atoms with Crippen LogP contribution in [-0.2, 0) is 0 Å². The van der Waals surface area contributed by atoms with E-state index < -0.39 is 0 Å². The van der Waals surface area contributed by atoms with Crippen molar-refractivity contribution in [2.24, 2.45) is 11.7 Å². The summed E-state index contributed by atoms with van der Waals surface area (Å²) in [5.41, 5.74) is 6.01. The van der Waals surface area contributed by atoms with Crippen molar-refractivity contribution in [1.29, 1.82) is 0 Å². The Morgan fingerprint density at radius 2 is 1.94 bits per heavy atom. The van der Waals surface area contributed by atoms with Gasteiger partial charge >= 0.3 is 0 Å². The number of fused-ring (bicyclic) bond motifs is 1. The Bertz CT molecular complexity index is 254. The monoisotopic (exact) mass is 237 g/mol. The van der Waals surface area contributed by atoms with Crippen LogP contribution in [0.4, 0.5) is 0 Å². The molecule has 98 valence electrons. The maximum atomic E-state index is 6.01. The van der Waals surface area contributed by atoms with Crippen LogP contribution < -0.4 is 5.73 Å². The molecule has 1 saturated carbocycles. The highest BCUT2D eigenvalue weighted by atomic mass is 15.3. The van der Waals surface area contributed by atoms with Gasteiger partial charge in [-0.1, -0.05) is 6.42 Å². The second-order valence-electron chi connectivity index (χ2n) is 6.38. The van der Waals surface area contributed by atoms with Crippen molar-refractivity contribution in [3.05, 3.63) is 0 Å². The van der Waals surface area contributed by atoms with E-state index in [-0.39, 0.29) is 0 Å². The maximum absolute atomic E-state index is 6.01. The lowest BCUT2D eigenvalue weighted by Crippen LogP contribution is -2.55. The molecule has 3 unspecified atom stereocenters. The molecular weight excluding hydrogens is 210 g/mol. The Balaban J connectivity index is 1.48. The first-order valence-corrected chi connectivity index (χ1v) is 7.53. The van der Waals surface area contributed by atoms with Gasteiger partial charge in [0.1, 0.15) is 0 Å². The Morgan fingerprint density at radius 1 is 1.00 bits per heavy atom. The molecule has 0 bridgehead atoms. The first kappa shape index (κ1) is 11.9. The van der Waals surface area contributed by atoms with E-state index >= 15 is 0 Å². The van der Waals surface area contributed by atoms with Crippen LogP contribution in [0.25, 0.3) is 0 Å². The minimum absolute atomic E-state index is 0.496. The van der Waals surface area contributed by atoms with E-state index in [0.717, 1.165) is 12.0 Å². The third-order valence-corrected chi connectivity index (χ3v) is 5.02. The lowest BCUT2D eigenvalue weighted by atomic mass is 9.98. The normalized spacial score (nSPS) is 40.4. The van der Waals surface area contributed by atoms with Crippen molar-refractivity contribution >= 4 is 0 Å². The van der Waals surface area contributed by atoms with E-state index in [9.17, 15) is 0 Å². The minimum atomic E-state index is 0.496. The van der Waals surface area contributed by atoms with Gasteiger partial charge in [-0.25, -0.2) is 0 Å². The van der Waals surface area contributed by atoms with Gasteiger partial charge in [0.15, 0.2) is 0 Å². The quantitative estimate of drug-likeness (QED) is 0.785. The molecule has 2 N–H and O–H groups in total. The largest absolute Gasteiger partial charge is 0.328 e. The van der Waals surface area contributed by atoms with Crippen molar-refractivity contribution in [3.8, 4) is 0 Å². The highest BCUT2D eigenvalue weighted by molar-refractivity contribution is 4.87. The van der Waals surface area contributed by atoms with Crippen LogP contribution >= 0.6 is 0 Å². The standard InChI is InChI=1S/C14H27N3/c15-13-5-4-12(9-13)10-16-7-8-17-6-2-1-3-14(17)11-16/h12-14H,1-11,15H2. The van der Waals surface area contributed by atoms with Crippen LogP contribution in [0.2, 0.25) is 0 Å². The summed E-state index contributed by atoms with van der Waals surface area (Å²) in [7, 11) is 0. The highest BCUT2D eigenvalue weighted by Crippen LogP contribution is 2.27. The lowest BCUT2D eigenvalue weighted by Gasteiger charge is -2.44. The molecule has 0 aromatic heterocycles. The Labute approximate surface area is 105 Å². The van der Waals surface area contributed by atoms with E-state index in [2.05, 4.69) is 9.80 Å². The molecule has 0 aromatic rings. The van der Waals surface area contributed by atoms with E-state index in [1.54, 1.807) is 0 Å². The molecule has 3 heteroatoms. The van der Waals surface area contributed by atoms with E-state index in [4.69, 9.17) is 5.73 Å². The van der Waals surface area contributed by atoms with Gasteiger partial charge in [0.25, 0.3) is 0 Å². The number of hydrogen-bond donors (Lipinski definition) is 1. The average molecular weight is 237 g/mol. The van der Waals surface area contributed by atoms with Gasteiger partial charge in [0, 0.05) is 38.3 Å². The van der Waals surface area contributed by atoms with Gasteiger partial charge in [-0.2, -0.15) is 0 Å². The molecule has 2 saturated heterocycles. The summed E-state index contributed by atoms with van der Waals surface area (Å²) in [6.07, 6.45) is 8.20. The smallest absolute Gasteiger partial charge is 0.0223 e. The van der Waals surface area contributed by atoms with Gasteiger partial charge in [0.2, 0.25) is 0 Å². The zero-order valence-electron chi connectivity index (χ0n) is 11.0. The number of nitrogens with two attached hydrogens (primary N) is 1. The van der Waals surface area contributed by atoms with Gasteiger partial charge in [-0.3, -0.25) is 4.90 Å². The summed E-state index contributed by atoms with van der Waals surface area (Å²) in [6.45, 7) is 6.60. The van der Waals surface area contributed by atoms with Crippen molar-refractivity contribution in [2.75, 3.05) is 32.7 Å². The lowest BCUT2D eigenvalue weighted by molar-refractivity contribution is 0.0421. The first-order chi connectivity index (χ1) is 8.31. The summed E-state index contributed by atoms with van der Waals surface area (Å²) in [6, 6.07) is 1.36. The molecule has 1 aliphatic carbocycles. The molecular formula is C14H27N3. The molecule has 2 aliphatic heterocycles. The molecule has 3 rings (SSSR count). The molecule has 0 spiro atoms. The van der Waals surface area contributed by atoms with Gasteiger partial charge in [-0.05, 0) is 44.6 Å². The molecule has 0 radical (unpaired) electrons.